The molecule has 0 radical (unpaired) electrons. The molecule has 0 aliphatic carbocycles. The van der Waals surface area contributed by atoms with Crippen LogP contribution in [0.3, 0.4) is 0 Å². The van der Waals surface area contributed by atoms with Gasteiger partial charge in [0.25, 0.3) is 0 Å². The predicted molar refractivity (Wildman–Crippen MR) is 88.9 cm³/mol. The highest BCUT2D eigenvalue weighted by atomic mass is 32.2. The quantitative estimate of drug-likeness (QED) is 0.833. The van der Waals surface area contributed by atoms with Crippen LogP contribution in [0.2, 0.25) is 0 Å². The number of sulfonamides is 1. The van der Waals surface area contributed by atoms with Crippen molar-refractivity contribution in [2.75, 3.05) is 31.1 Å². The van der Waals surface area contributed by atoms with E-state index in [1.54, 1.807) is 0 Å². The molecule has 0 aromatic heterocycles. The van der Waals surface area contributed by atoms with Crippen LogP contribution < -0.4 is 4.90 Å². The van der Waals surface area contributed by atoms with Gasteiger partial charge in [-0.2, -0.15) is 17.5 Å². The van der Waals surface area contributed by atoms with Crippen molar-refractivity contribution in [2.45, 2.75) is 11.1 Å². The summed E-state index contributed by atoms with van der Waals surface area (Å²) in [6.07, 6.45) is -4.71. The number of hydrogen-bond donors (Lipinski definition) is 0. The number of para-hydroxylation sites is 1. The Kier molecular flexibility index (Phi) is 4.75. The first-order valence-corrected chi connectivity index (χ1v) is 9.20. The first-order chi connectivity index (χ1) is 11.8. The van der Waals surface area contributed by atoms with Crippen molar-refractivity contribution in [2.24, 2.45) is 0 Å². The molecule has 3 rings (SSSR count). The summed E-state index contributed by atoms with van der Waals surface area (Å²) in [4.78, 5) is 1.33. The molecule has 1 aliphatic rings. The molecular formula is C17H17F3N2O2S. The van der Waals surface area contributed by atoms with Gasteiger partial charge in [-0.1, -0.05) is 30.3 Å². The van der Waals surface area contributed by atoms with E-state index < -0.39 is 26.7 Å². The molecule has 4 nitrogen and oxygen atoms in total. The zero-order valence-corrected chi connectivity index (χ0v) is 14.1. The number of piperazine rings is 1. The third-order valence-corrected chi connectivity index (χ3v) is 6.13. The fraction of sp³-hybridized carbons (Fsp3) is 0.294. The maximum absolute atomic E-state index is 13.1. The summed E-state index contributed by atoms with van der Waals surface area (Å²) in [5.74, 6) is 0. The van der Waals surface area contributed by atoms with Crippen molar-refractivity contribution in [3.63, 3.8) is 0 Å². The van der Waals surface area contributed by atoms with Crippen molar-refractivity contribution in [3.05, 3.63) is 60.2 Å². The maximum Gasteiger partial charge on any atom is 0.417 e. The van der Waals surface area contributed by atoms with Crippen molar-refractivity contribution in [3.8, 4) is 0 Å². The van der Waals surface area contributed by atoms with E-state index in [0.29, 0.717) is 13.1 Å². The highest BCUT2D eigenvalue weighted by Gasteiger charge is 2.39. The Morgan fingerprint density at radius 3 is 1.96 bits per heavy atom. The topological polar surface area (TPSA) is 40.6 Å². The van der Waals surface area contributed by atoms with Gasteiger partial charge in [-0.3, -0.25) is 0 Å². The van der Waals surface area contributed by atoms with Crippen molar-refractivity contribution >= 4 is 15.7 Å². The summed E-state index contributed by atoms with van der Waals surface area (Å²) < 4.78 is 65.9. The van der Waals surface area contributed by atoms with E-state index in [0.717, 1.165) is 22.1 Å². The van der Waals surface area contributed by atoms with Crippen LogP contribution in [0.25, 0.3) is 0 Å². The third-order valence-electron chi connectivity index (χ3n) is 4.17. The highest BCUT2D eigenvalue weighted by Crippen LogP contribution is 2.35. The molecule has 0 spiro atoms. The Morgan fingerprint density at radius 1 is 0.800 bits per heavy atom. The van der Waals surface area contributed by atoms with E-state index >= 15 is 0 Å². The van der Waals surface area contributed by atoms with E-state index in [9.17, 15) is 21.6 Å². The number of benzene rings is 2. The molecule has 25 heavy (non-hydrogen) atoms. The SMILES string of the molecule is O=S(=O)(c1ccccc1C(F)(F)F)N1CCN(c2ccccc2)CC1. The maximum atomic E-state index is 13.1. The molecule has 2 aromatic rings. The zero-order chi connectivity index (χ0) is 18.1. The highest BCUT2D eigenvalue weighted by molar-refractivity contribution is 7.89. The van der Waals surface area contributed by atoms with Crippen molar-refractivity contribution in [1.29, 1.82) is 0 Å². The van der Waals surface area contributed by atoms with Crippen LogP contribution in [-0.2, 0) is 16.2 Å². The standard InChI is InChI=1S/C17H17F3N2O2S/c18-17(19,20)15-8-4-5-9-16(15)25(23,24)22-12-10-21(11-13-22)14-6-2-1-3-7-14/h1-9H,10-13H2. The van der Waals surface area contributed by atoms with Crippen molar-refractivity contribution in [1.82, 2.24) is 4.31 Å². The summed E-state index contributed by atoms with van der Waals surface area (Å²) in [6.45, 7) is 1.14. The number of rotatable bonds is 3. The molecule has 1 saturated heterocycles. The van der Waals surface area contributed by atoms with Gasteiger partial charge in [-0.25, -0.2) is 8.42 Å². The summed E-state index contributed by atoms with van der Waals surface area (Å²) in [5, 5.41) is 0. The minimum atomic E-state index is -4.71. The smallest absolute Gasteiger partial charge is 0.369 e. The van der Waals surface area contributed by atoms with Crippen LogP contribution in [0.15, 0.2) is 59.5 Å². The van der Waals surface area contributed by atoms with Gasteiger partial charge in [0.1, 0.15) is 0 Å². The normalized spacial score (nSPS) is 16.8. The molecule has 2 aromatic carbocycles. The molecule has 1 aliphatic heterocycles. The molecular weight excluding hydrogens is 353 g/mol. The van der Waals surface area contributed by atoms with Gasteiger partial charge in [0.05, 0.1) is 10.5 Å². The second-order valence-corrected chi connectivity index (χ2v) is 7.63. The fourth-order valence-corrected chi connectivity index (χ4v) is 4.52. The van der Waals surface area contributed by atoms with Gasteiger partial charge in [-0.05, 0) is 24.3 Å². The minimum Gasteiger partial charge on any atom is -0.369 e. The van der Waals surface area contributed by atoms with Gasteiger partial charge in [0.15, 0.2) is 0 Å². The Morgan fingerprint density at radius 2 is 1.36 bits per heavy atom. The lowest BCUT2D eigenvalue weighted by Crippen LogP contribution is -2.48. The monoisotopic (exact) mass is 370 g/mol. The summed E-state index contributed by atoms with van der Waals surface area (Å²) in [7, 11) is -4.19. The van der Waals surface area contributed by atoms with E-state index in [4.69, 9.17) is 0 Å². The second-order valence-electron chi connectivity index (χ2n) is 5.72. The molecule has 1 fully saturated rings. The Bertz CT molecular complexity index is 830. The number of anilines is 1. The lowest BCUT2D eigenvalue weighted by molar-refractivity contribution is -0.139. The van der Waals surface area contributed by atoms with Gasteiger partial charge in [0, 0.05) is 31.9 Å². The van der Waals surface area contributed by atoms with Crippen LogP contribution in [-0.4, -0.2) is 38.9 Å². The number of halogens is 3. The van der Waals surface area contributed by atoms with E-state index in [1.165, 1.54) is 12.1 Å². The Balaban J connectivity index is 1.82. The first-order valence-electron chi connectivity index (χ1n) is 7.76. The third kappa shape index (κ3) is 3.64. The first kappa shape index (κ1) is 17.8. The van der Waals surface area contributed by atoms with Crippen LogP contribution in [0.5, 0.6) is 0 Å². The molecule has 1 heterocycles. The van der Waals surface area contributed by atoms with Crippen LogP contribution >= 0.6 is 0 Å². The molecule has 0 unspecified atom stereocenters. The van der Waals surface area contributed by atoms with Crippen LogP contribution in [0.4, 0.5) is 18.9 Å². The van der Waals surface area contributed by atoms with Crippen LogP contribution in [0.1, 0.15) is 5.56 Å². The van der Waals surface area contributed by atoms with E-state index in [-0.39, 0.29) is 13.1 Å². The van der Waals surface area contributed by atoms with E-state index in [2.05, 4.69) is 0 Å². The fourth-order valence-electron chi connectivity index (χ4n) is 2.89. The van der Waals surface area contributed by atoms with Gasteiger partial charge >= 0.3 is 6.18 Å². The summed E-state index contributed by atoms with van der Waals surface area (Å²) >= 11 is 0. The average Bonchev–Trinajstić information content (AvgIpc) is 2.62. The average molecular weight is 370 g/mol. The van der Waals surface area contributed by atoms with Gasteiger partial charge in [0.2, 0.25) is 10.0 Å². The van der Waals surface area contributed by atoms with E-state index in [1.807, 2.05) is 35.2 Å². The zero-order valence-electron chi connectivity index (χ0n) is 13.3. The predicted octanol–water partition coefficient (Wildman–Crippen LogP) is 3.22. The lowest BCUT2D eigenvalue weighted by atomic mass is 10.2. The van der Waals surface area contributed by atoms with Crippen LogP contribution in [0, 0.1) is 0 Å². The summed E-state index contributed by atoms with van der Waals surface area (Å²) in [5.41, 5.74) is -0.157. The molecule has 8 heteroatoms. The molecule has 134 valence electrons. The Hall–Kier alpha value is -2.06. The number of alkyl halides is 3. The lowest BCUT2D eigenvalue weighted by Gasteiger charge is -2.35. The molecule has 0 amide bonds. The second kappa shape index (κ2) is 6.68. The Labute approximate surface area is 144 Å². The molecule has 0 atom stereocenters. The minimum absolute atomic E-state index is 0.142. The van der Waals surface area contributed by atoms with Crippen molar-refractivity contribution < 1.29 is 21.6 Å². The molecule has 0 N–H and O–H groups in total. The van der Waals surface area contributed by atoms with Gasteiger partial charge in [-0.15, -0.1) is 0 Å². The molecule has 0 bridgehead atoms. The number of hydrogen-bond acceptors (Lipinski definition) is 3. The number of nitrogens with zero attached hydrogens (tertiary/aromatic N) is 2. The van der Waals surface area contributed by atoms with Gasteiger partial charge < -0.3 is 4.90 Å². The summed E-state index contributed by atoms with van der Waals surface area (Å²) in [6, 6.07) is 13.8. The molecule has 0 saturated carbocycles. The largest absolute Gasteiger partial charge is 0.417 e.